The molecule has 1 amide bonds. The highest BCUT2D eigenvalue weighted by molar-refractivity contribution is 5.87. The SMILES string of the molecule is CCOc1cc(OCC)c([N+](=O)[O-])cc1/C=N/NC(=O)CCc1n[nH]c(=O)[nH]c1=O. The van der Waals surface area contributed by atoms with Crippen molar-refractivity contribution in [3.63, 3.8) is 0 Å². The molecule has 0 aliphatic heterocycles. The lowest BCUT2D eigenvalue weighted by Crippen LogP contribution is -2.28. The zero-order chi connectivity index (χ0) is 22.1. The third kappa shape index (κ3) is 5.98. The molecule has 0 radical (unpaired) electrons. The lowest BCUT2D eigenvalue weighted by molar-refractivity contribution is -0.385. The van der Waals surface area contributed by atoms with Crippen molar-refractivity contribution in [2.75, 3.05) is 13.2 Å². The van der Waals surface area contributed by atoms with Crippen molar-refractivity contribution >= 4 is 17.8 Å². The van der Waals surface area contributed by atoms with Gasteiger partial charge >= 0.3 is 11.4 Å². The van der Waals surface area contributed by atoms with Crippen LogP contribution < -0.4 is 26.1 Å². The lowest BCUT2D eigenvalue weighted by atomic mass is 10.1. The smallest absolute Gasteiger partial charge is 0.342 e. The summed E-state index contributed by atoms with van der Waals surface area (Å²) in [6, 6.07) is 2.62. The minimum absolute atomic E-state index is 0.00509. The number of nitro benzene ring substituents is 1. The number of hydrazone groups is 1. The Bertz CT molecular complexity index is 1060. The van der Waals surface area contributed by atoms with Crippen LogP contribution in [0.1, 0.15) is 31.5 Å². The van der Waals surface area contributed by atoms with Gasteiger partial charge in [-0.15, -0.1) is 0 Å². The van der Waals surface area contributed by atoms with Gasteiger partial charge in [-0.05, 0) is 13.8 Å². The van der Waals surface area contributed by atoms with Gasteiger partial charge in [-0.2, -0.15) is 10.2 Å². The molecule has 0 aliphatic rings. The predicted octanol–water partition coefficient (Wildman–Crippen LogP) is 0.247. The predicted molar refractivity (Wildman–Crippen MR) is 105 cm³/mol. The first-order chi connectivity index (χ1) is 14.3. The Morgan fingerprint density at radius 2 is 1.97 bits per heavy atom. The molecule has 0 aliphatic carbocycles. The molecule has 1 aromatic carbocycles. The molecule has 160 valence electrons. The monoisotopic (exact) mass is 420 g/mol. The average Bonchev–Trinajstić information content (AvgIpc) is 2.69. The molecule has 0 saturated heterocycles. The second kappa shape index (κ2) is 10.5. The molecule has 30 heavy (non-hydrogen) atoms. The fourth-order valence-electron chi connectivity index (χ4n) is 2.36. The van der Waals surface area contributed by atoms with E-state index in [9.17, 15) is 24.5 Å². The zero-order valence-corrected chi connectivity index (χ0v) is 16.3. The zero-order valence-electron chi connectivity index (χ0n) is 16.3. The van der Waals surface area contributed by atoms with Crippen LogP contribution in [0.3, 0.4) is 0 Å². The Balaban J connectivity index is 2.10. The van der Waals surface area contributed by atoms with E-state index in [0.717, 1.165) is 0 Å². The minimum atomic E-state index is -0.743. The number of aryl methyl sites for hydroxylation is 1. The molecule has 0 atom stereocenters. The standard InChI is InChI=1S/C17H20N6O7/c1-3-29-13-8-14(30-4-2)12(23(27)28)7-10(13)9-18-21-15(24)6-5-11-16(25)19-17(26)22-20-11/h7-9H,3-6H2,1-2H3,(H,21,24)(H2,19,22,25,26)/b18-9+. The number of carbonyl (C=O) groups is 1. The van der Waals surface area contributed by atoms with E-state index in [2.05, 4.69) is 20.7 Å². The van der Waals surface area contributed by atoms with E-state index >= 15 is 0 Å². The van der Waals surface area contributed by atoms with E-state index in [-0.39, 0.29) is 42.1 Å². The highest BCUT2D eigenvalue weighted by Crippen LogP contribution is 2.34. The maximum Gasteiger partial charge on any atom is 0.342 e. The number of hydrogen-bond donors (Lipinski definition) is 3. The van der Waals surface area contributed by atoms with E-state index < -0.39 is 22.1 Å². The van der Waals surface area contributed by atoms with Crippen molar-refractivity contribution < 1.29 is 19.2 Å². The maximum absolute atomic E-state index is 11.9. The van der Waals surface area contributed by atoms with Gasteiger partial charge in [0.2, 0.25) is 11.7 Å². The minimum Gasteiger partial charge on any atom is -0.493 e. The number of hydrogen-bond acceptors (Lipinski definition) is 9. The third-order valence-corrected chi connectivity index (χ3v) is 3.65. The molecule has 0 saturated carbocycles. The number of H-pyrrole nitrogens is 2. The van der Waals surface area contributed by atoms with E-state index in [1.54, 1.807) is 13.8 Å². The summed E-state index contributed by atoms with van der Waals surface area (Å²) in [7, 11) is 0. The van der Waals surface area contributed by atoms with Crippen LogP contribution in [0.15, 0.2) is 26.8 Å². The molecule has 3 N–H and O–H groups in total. The fourth-order valence-corrected chi connectivity index (χ4v) is 2.36. The second-order valence-corrected chi connectivity index (χ2v) is 5.73. The van der Waals surface area contributed by atoms with Crippen LogP contribution in [0.5, 0.6) is 11.5 Å². The fraction of sp³-hybridized carbons (Fsp3) is 0.353. The van der Waals surface area contributed by atoms with Gasteiger partial charge in [-0.1, -0.05) is 0 Å². The van der Waals surface area contributed by atoms with Crippen molar-refractivity contribution in [2.24, 2.45) is 5.10 Å². The van der Waals surface area contributed by atoms with Crippen LogP contribution in [0.4, 0.5) is 5.69 Å². The summed E-state index contributed by atoms with van der Waals surface area (Å²) < 4.78 is 10.7. The summed E-state index contributed by atoms with van der Waals surface area (Å²) in [5, 5.41) is 20.7. The molecule has 1 heterocycles. The van der Waals surface area contributed by atoms with Gasteiger partial charge in [0, 0.05) is 30.5 Å². The summed E-state index contributed by atoms with van der Waals surface area (Å²) in [5.41, 5.74) is 0.824. The summed E-state index contributed by atoms with van der Waals surface area (Å²) in [6.07, 6.45) is 1.06. The average molecular weight is 420 g/mol. The van der Waals surface area contributed by atoms with E-state index in [0.29, 0.717) is 12.4 Å². The Morgan fingerprint density at radius 1 is 1.27 bits per heavy atom. The molecule has 2 aromatic rings. The quantitative estimate of drug-likeness (QED) is 0.277. The van der Waals surface area contributed by atoms with Gasteiger partial charge in [-0.25, -0.2) is 15.3 Å². The molecule has 1 aromatic heterocycles. The highest BCUT2D eigenvalue weighted by atomic mass is 16.6. The van der Waals surface area contributed by atoms with E-state index in [1.807, 2.05) is 4.98 Å². The van der Waals surface area contributed by atoms with Crippen LogP contribution in [0.25, 0.3) is 0 Å². The lowest BCUT2D eigenvalue weighted by Gasteiger charge is -2.10. The normalized spacial score (nSPS) is 10.7. The first kappa shape index (κ1) is 22.3. The van der Waals surface area contributed by atoms with Crippen molar-refractivity contribution in [1.82, 2.24) is 20.6 Å². The van der Waals surface area contributed by atoms with Gasteiger partial charge in [0.15, 0.2) is 0 Å². The summed E-state index contributed by atoms with van der Waals surface area (Å²) >= 11 is 0. The van der Waals surface area contributed by atoms with Crippen molar-refractivity contribution in [3.05, 3.63) is 54.3 Å². The van der Waals surface area contributed by atoms with Gasteiger partial charge in [0.25, 0.3) is 5.56 Å². The van der Waals surface area contributed by atoms with E-state index in [1.165, 1.54) is 18.3 Å². The van der Waals surface area contributed by atoms with Crippen molar-refractivity contribution in [3.8, 4) is 11.5 Å². The largest absolute Gasteiger partial charge is 0.493 e. The van der Waals surface area contributed by atoms with Crippen molar-refractivity contribution in [2.45, 2.75) is 26.7 Å². The number of amides is 1. The van der Waals surface area contributed by atoms with E-state index in [4.69, 9.17) is 9.47 Å². The molecule has 0 spiro atoms. The number of carbonyl (C=O) groups excluding carboxylic acids is 1. The van der Waals surface area contributed by atoms with Gasteiger partial charge in [-0.3, -0.25) is 24.7 Å². The van der Waals surface area contributed by atoms with Gasteiger partial charge in [0.1, 0.15) is 11.4 Å². The first-order valence-corrected chi connectivity index (χ1v) is 8.93. The maximum atomic E-state index is 11.9. The molecular formula is C17H20N6O7. The van der Waals surface area contributed by atoms with Crippen LogP contribution in [0.2, 0.25) is 0 Å². The van der Waals surface area contributed by atoms with Crippen molar-refractivity contribution in [1.29, 1.82) is 0 Å². The van der Waals surface area contributed by atoms with Crippen LogP contribution >= 0.6 is 0 Å². The van der Waals surface area contributed by atoms with Crippen LogP contribution in [0, 0.1) is 10.1 Å². The summed E-state index contributed by atoms with van der Waals surface area (Å²) in [6.45, 7) is 3.99. The Kier molecular flexibility index (Phi) is 7.79. The number of aromatic nitrogens is 3. The summed E-state index contributed by atoms with van der Waals surface area (Å²) in [5.74, 6) is -0.170. The molecule has 13 nitrogen and oxygen atoms in total. The number of nitro groups is 1. The number of rotatable bonds is 10. The number of aromatic amines is 2. The van der Waals surface area contributed by atoms with Crippen LogP contribution in [-0.2, 0) is 11.2 Å². The number of ether oxygens (including phenoxy) is 2. The number of nitrogens with one attached hydrogen (secondary N) is 3. The van der Waals surface area contributed by atoms with Gasteiger partial charge < -0.3 is 9.47 Å². The van der Waals surface area contributed by atoms with Gasteiger partial charge in [0.05, 0.1) is 24.4 Å². The number of benzene rings is 1. The molecule has 0 unspecified atom stereocenters. The molecule has 2 rings (SSSR count). The Hall–Kier alpha value is -4.03. The second-order valence-electron chi connectivity index (χ2n) is 5.73. The highest BCUT2D eigenvalue weighted by Gasteiger charge is 2.19. The molecule has 13 heteroatoms. The first-order valence-electron chi connectivity index (χ1n) is 8.93. The van der Waals surface area contributed by atoms with Crippen LogP contribution in [-0.4, -0.2) is 45.4 Å². The molecule has 0 bridgehead atoms. The topological polar surface area (TPSA) is 182 Å². The number of nitrogens with zero attached hydrogens (tertiary/aromatic N) is 3. The third-order valence-electron chi connectivity index (χ3n) is 3.65. The summed E-state index contributed by atoms with van der Waals surface area (Å²) in [4.78, 5) is 47.1. The Morgan fingerprint density at radius 3 is 2.60 bits per heavy atom. The molecule has 0 fully saturated rings. The Labute approximate surface area is 169 Å². The molecular weight excluding hydrogens is 400 g/mol.